The first-order chi connectivity index (χ1) is 15.0. The molecule has 9 heteroatoms. The summed E-state index contributed by atoms with van der Waals surface area (Å²) in [6, 6.07) is 9.08. The summed E-state index contributed by atoms with van der Waals surface area (Å²) in [5.41, 5.74) is 2.54. The number of aryl methyl sites for hydroxylation is 2. The third-order valence-electron chi connectivity index (χ3n) is 5.01. The van der Waals surface area contributed by atoms with Gasteiger partial charge >= 0.3 is 11.9 Å². The molecule has 3 aromatic rings. The lowest BCUT2D eigenvalue weighted by Gasteiger charge is -2.08. The lowest BCUT2D eigenvalue weighted by Crippen LogP contribution is -2.22. The van der Waals surface area contributed by atoms with E-state index in [4.69, 9.17) is 14.0 Å². The van der Waals surface area contributed by atoms with Crippen LogP contribution in [0.4, 0.5) is 5.00 Å². The Morgan fingerprint density at radius 2 is 1.90 bits per heavy atom. The van der Waals surface area contributed by atoms with Crippen LogP contribution < -0.4 is 5.32 Å². The minimum absolute atomic E-state index is 0.171. The largest absolute Gasteiger partial charge is 0.465 e. The van der Waals surface area contributed by atoms with Crippen LogP contribution in [0, 0.1) is 6.92 Å². The lowest BCUT2D eigenvalue weighted by atomic mass is 10.1. The van der Waals surface area contributed by atoms with Crippen molar-refractivity contribution in [1.82, 2.24) is 5.16 Å². The summed E-state index contributed by atoms with van der Waals surface area (Å²) in [4.78, 5) is 38.4. The topological polar surface area (TPSA) is 108 Å². The maximum absolute atomic E-state index is 12.6. The van der Waals surface area contributed by atoms with Crippen LogP contribution in [-0.2, 0) is 27.1 Å². The molecule has 1 aromatic carbocycles. The number of thiophene rings is 1. The molecule has 4 rings (SSSR count). The molecule has 1 N–H and O–H groups in total. The first-order valence-corrected chi connectivity index (χ1v) is 10.5. The number of rotatable bonds is 6. The molecule has 1 amide bonds. The lowest BCUT2D eigenvalue weighted by molar-refractivity contribution is -0.119. The van der Waals surface area contributed by atoms with Gasteiger partial charge in [0.15, 0.2) is 6.61 Å². The van der Waals surface area contributed by atoms with E-state index in [1.54, 1.807) is 19.1 Å². The molecule has 8 nitrogen and oxygen atoms in total. The minimum Gasteiger partial charge on any atom is -0.465 e. The van der Waals surface area contributed by atoms with Gasteiger partial charge in [-0.3, -0.25) is 4.79 Å². The van der Waals surface area contributed by atoms with Crippen LogP contribution in [0.15, 0.2) is 34.9 Å². The molecule has 0 aliphatic heterocycles. The number of carbonyl (C=O) groups is 3. The van der Waals surface area contributed by atoms with Gasteiger partial charge in [0, 0.05) is 10.4 Å². The van der Waals surface area contributed by atoms with Crippen LogP contribution >= 0.6 is 11.3 Å². The van der Waals surface area contributed by atoms with E-state index in [1.165, 1.54) is 18.4 Å². The van der Waals surface area contributed by atoms with Crippen LogP contribution in [-0.4, -0.2) is 36.7 Å². The number of nitrogens with one attached hydrogen (secondary N) is 1. The smallest absolute Gasteiger partial charge is 0.344 e. The zero-order valence-electron chi connectivity index (χ0n) is 17.0. The summed E-state index contributed by atoms with van der Waals surface area (Å²) < 4.78 is 15.2. The number of aromatic nitrogens is 1. The van der Waals surface area contributed by atoms with Crippen molar-refractivity contribution in [2.75, 3.05) is 19.0 Å². The Hall–Kier alpha value is -3.46. The van der Waals surface area contributed by atoms with Crippen LogP contribution in [0.3, 0.4) is 0 Å². The molecule has 0 saturated carbocycles. The fourth-order valence-electron chi connectivity index (χ4n) is 3.58. The summed E-state index contributed by atoms with van der Waals surface area (Å²) in [5.74, 6) is -1.45. The molecule has 1 aliphatic rings. The SMILES string of the molecule is COC(=O)c1c(NC(=O)COC(=O)c2c(-c3ccccc3)noc2C)sc2c1CCC2. The average Bonchev–Trinajstić information content (AvgIpc) is 3.46. The summed E-state index contributed by atoms with van der Waals surface area (Å²) >= 11 is 1.36. The predicted molar refractivity (Wildman–Crippen MR) is 113 cm³/mol. The van der Waals surface area contributed by atoms with Gasteiger partial charge < -0.3 is 19.3 Å². The van der Waals surface area contributed by atoms with Crippen molar-refractivity contribution < 1.29 is 28.4 Å². The van der Waals surface area contributed by atoms with Gasteiger partial charge in [0.2, 0.25) is 0 Å². The van der Waals surface area contributed by atoms with Gasteiger partial charge in [-0.1, -0.05) is 35.5 Å². The van der Waals surface area contributed by atoms with E-state index in [1.807, 2.05) is 18.2 Å². The fraction of sp³-hybridized carbons (Fsp3) is 0.273. The molecule has 0 spiro atoms. The first-order valence-electron chi connectivity index (χ1n) is 9.71. The monoisotopic (exact) mass is 440 g/mol. The van der Waals surface area contributed by atoms with Crippen molar-refractivity contribution >= 4 is 34.2 Å². The molecular weight excluding hydrogens is 420 g/mol. The van der Waals surface area contributed by atoms with Gasteiger partial charge in [0.1, 0.15) is 22.0 Å². The molecule has 31 heavy (non-hydrogen) atoms. The Balaban J connectivity index is 1.46. The molecule has 1 aliphatic carbocycles. The average molecular weight is 440 g/mol. The molecule has 0 bridgehead atoms. The summed E-state index contributed by atoms with van der Waals surface area (Å²) in [7, 11) is 1.31. The highest BCUT2D eigenvalue weighted by atomic mass is 32.1. The maximum atomic E-state index is 12.6. The molecule has 2 aromatic heterocycles. The Labute approximate surface area is 182 Å². The zero-order chi connectivity index (χ0) is 22.0. The van der Waals surface area contributed by atoms with E-state index in [0.717, 1.165) is 29.7 Å². The predicted octanol–water partition coefficient (Wildman–Crippen LogP) is 3.78. The van der Waals surface area contributed by atoms with E-state index < -0.39 is 24.5 Å². The Bertz CT molecular complexity index is 1150. The van der Waals surface area contributed by atoms with Gasteiger partial charge in [0.25, 0.3) is 5.91 Å². The van der Waals surface area contributed by atoms with E-state index >= 15 is 0 Å². The molecule has 0 unspecified atom stereocenters. The molecule has 0 saturated heterocycles. The number of carbonyl (C=O) groups excluding carboxylic acids is 3. The van der Waals surface area contributed by atoms with Crippen molar-refractivity contribution in [2.45, 2.75) is 26.2 Å². The van der Waals surface area contributed by atoms with Crippen molar-refractivity contribution in [1.29, 1.82) is 0 Å². The van der Waals surface area contributed by atoms with Gasteiger partial charge in [-0.2, -0.15) is 0 Å². The maximum Gasteiger partial charge on any atom is 0.344 e. The van der Waals surface area contributed by atoms with Crippen LogP contribution in [0.25, 0.3) is 11.3 Å². The number of benzene rings is 1. The third kappa shape index (κ3) is 4.09. The van der Waals surface area contributed by atoms with Gasteiger partial charge in [-0.15, -0.1) is 11.3 Å². The van der Waals surface area contributed by atoms with Crippen LogP contribution in [0.2, 0.25) is 0 Å². The van der Waals surface area contributed by atoms with Crippen molar-refractivity contribution in [3.63, 3.8) is 0 Å². The number of anilines is 1. The highest BCUT2D eigenvalue weighted by Gasteiger charge is 2.28. The number of amides is 1. The summed E-state index contributed by atoms with van der Waals surface area (Å²) in [5, 5.41) is 7.04. The third-order valence-corrected chi connectivity index (χ3v) is 6.22. The number of fused-ring (bicyclic) bond motifs is 1. The van der Waals surface area contributed by atoms with Crippen molar-refractivity contribution in [3.8, 4) is 11.3 Å². The number of methoxy groups -OCH3 is 1. The van der Waals surface area contributed by atoms with Gasteiger partial charge in [-0.25, -0.2) is 9.59 Å². The number of ether oxygens (including phenoxy) is 2. The zero-order valence-corrected chi connectivity index (χ0v) is 17.8. The quantitative estimate of drug-likeness (QED) is 0.581. The standard InChI is InChI=1S/C22H20N2O6S/c1-12-17(19(24-30-12)13-7-4-3-5-8-13)22(27)29-11-16(25)23-20-18(21(26)28-2)14-9-6-10-15(14)31-20/h3-5,7-8H,6,9-11H2,1-2H3,(H,23,25). The van der Waals surface area contributed by atoms with E-state index in [9.17, 15) is 14.4 Å². The van der Waals surface area contributed by atoms with Crippen molar-refractivity contribution in [2.24, 2.45) is 0 Å². The highest BCUT2D eigenvalue weighted by molar-refractivity contribution is 7.17. The van der Waals surface area contributed by atoms with Gasteiger partial charge in [-0.05, 0) is 31.7 Å². The van der Waals surface area contributed by atoms with Crippen LogP contribution in [0.5, 0.6) is 0 Å². The molecular formula is C22H20N2O6S. The second kappa shape index (κ2) is 8.73. The van der Waals surface area contributed by atoms with E-state index in [-0.39, 0.29) is 5.56 Å². The van der Waals surface area contributed by atoms with Crippen molar-refractivity contribution in [3.05, 3.63) is 57.7 Å². The highest BCUT2D eigenvalue weighted by Crippen LogP contribution is 2.39. The Morgan fingerprint density at radius 3 is 2.65 bits per heavy atom. The normalized spacial score (nSPS) is 12.3. The molecule has 0 radical (unpaired) electrons. The molecule has 0 atom stereocenters. The Kier molecular flexibility index (Phi) is 5.85. The second-order valence-electron chi connectivity index (χ2n) is 7.01. The van der Waals surface area contributed by atoms with E-state index in [2.05, 4.69) is 10.5 Å². The first kappa shape index (κ1) is 20.8. The Morgan fingerprint density at radius 1 is 1.13 bits per heavy atom. The fourth-order valence-corrected chi connectivity index (χ4v) is 4.88. The number of esters is 2. The summed E-state index contributed by atoms with van der Waals surface area (Å²) in [6.07, 6.45) is 2.61. The van der Waals surface area contributed by atoms with E-state index in [0.29, 0.717) is 27.6 Å². The minimum atomic E-state index is -0.713. The van der Waals surface area contributed by atoms with Gasteiger partial charge in [0.05, 0.1) is 12.7 Å². The number of nitrogens with zero attached hydrogens (tertiary/aromatic N) is 1. The van der Waals surface area contributed by atoms with Crippen LogP contribution in [0.1, 0.15) is 43.3 Å². The number of hydrogen-bond acceptors (Lipinski definition) is 8. The molecule has 0 fully saturated rings. The molecule has 160 valence electrons. The summed E-state index contributed by atoms with van der Waals surface area (Å²) in [6.45, 7) is 1.09. The number of hydrogen-bond donors (Lipinski definition) is 1. The molecule has 2 heterocycles. The second-order valence-corrected chi connectivity index (χ2v) is 8.11.